The molecule has 28 heavy (non-hydrogen) atoms. The van der Waals surface area contributed by atoms with Gasteiger partial charge < -0.3 is 4.79 Å². The number of aldehydes is 1. The molecule has 0 saturated heterocycles. The second kappa shape index (κ2) is 13.3. The molecule has 0 bridgehead atoms. The first-order chi connectivity index (χ1) is 13.3. The highest BCUT2D eigenvalue weighted by Crippen LogP contribution is 2.43. The molecule has 1 rings (SSSR count). The predicted octanol–water partition coefficient (Wildman–Crippen LogP) is 7.70. The van der Waals surface area contributed by atoms with Crippen molar-refractivity contribution in [2.24, 2.45) is 23.2 Å². The summed E-state index contributed by atoms with van der Waals surface area (Å²) in [6.07, 6.45) is 18.0. The van der Waals surface area contributed by atoms with E-state index in [0.29, 0.717) is 17.8 Å². The molecule has 0 fully saturated rings. The minimum atomic E-state index is -0.0710. The number of carbonyl (C=O) groups excluding carboxylic acids is 2. The lowest BCUT2D eigenvalue weighted by Gasteiger charge is -2.39. The van der Waals surface area contributed by atoms with Gasteiger partial charge in [0.15, 0.2) is 0 Å². The van der Waals surface area contributed by atoms with Crippen LogP contribution in [0.3, 0.4) is 0 Å². The Morgan fingerprint density at radius 2 is 1.79 bits per heavy atom. The normalized spacial score (nSPS) is 21.0. The van der Waals surface area contributed by atoms with E-state index in [2.05, 4.69) is 40.7 Å². The van der Waals surface area contributed by atoms with Crippen molar-refractivity contribution in [3.8, 4) is 0 Å². The Morgan fingerprint density at radius 1 is 1.14 bits per heavy atom. The topological polar surface area (TPSA) is 34.1 Å². The summed E-state index contributed by atoms with van der Waals surface area (Å²) >= 11 is 0. The highest BCUT2D eigenvalue weighted by Gasteiger charge is 2.33. The number of Topliss-reactive ketones (excluding diaryl/α,β-unsaturated/α-hetero) is 1. The second-order valence-electron chi connectivity index (χ2n) is 9.98. The molecule has 0 aromatic carbocycles. The van der Waals surface area contributed by atoms with Gasteiger partial charge in [0.25, 0.3) is 0 Å². The summed E-state index contributed by atoms with van der Waals surface area (Å²) in [5.41, 5.74) is 1.84. The minimum Gasteiger partial charge on any atom is -0.303 e. The number of allylic oxidation sites excluding steroid dienone is 2. The molecule has 2 heteroatoms. The molecule has 3 atom stereocenters. The molecule has 162 valence electrons. The van der Waals surface area contributed by atoms with Crippen molar-refractivity contribution in [2.45, 2.75) is 118 Å². The molecular weight excluding hydrogens is 344 g/mol. The largest absolute Gasteiger partial charge is 0.303 e. The Labute approximate surface area is 174 Å². The van der Waals surface area contributed by atoms with E-state index in [-0.39, 0.29) is 17.6 Å². The summed E-state index contributed by atoms with van der Waals surface area (Å²) in [6.45, 7) is 11.3. The summed E-state index contributed by atoms with van der Waals surface area (Å²) in [4.78, 5) is 24.1. The lowest BCUT2D eigenvalue weighted by atomic mass is 9.66. The van der Waals surface area contributed by atoms with Gasteiger partial charge in [-0.1, -0.05) is 84.3 Å². The number of hydrogen-bond donors (Lipinski definition) is 0. The number of unbranched alkanes of at least 4 members (excludes halogenated alkanes) is 6. The SMILES string of the molecule is CCCCCCCCCC(C=O)CC(=O)C(C)CCC1C(C)=CCCC1(C)C. The lowest BCUT2D eigenvalue weighted by Crippen LogP contribution is -2.29. The number of rotatable bonds is 15. The van der Waals surface area contributed by atoms with Crippen molar-refractivity contribution in [1.29, 1.82) is 0 Å². The summed E-state index contributed by atoms with van der Waals surface area (Å²) in [7, 11) is 0. The van der Waals surface area contributed by atoms with Crippen LogP contribution in [-0.2, 0) is 9.59 Å². The molecule has 1 aliphatic rings. The van der Waals surface area contributed by atoms with Gasteiger partial charge in [-0.2, -0.15) is 0 Å². The van der Waals surface area contributed by atoms with Crippen LogP contribution in [0, 0.1) is 23.2 Å². The van der Waals surface area contributed by atoms with Crippen LogP contribution in [0.1, 0.15) is 118 Å². The molecule has 3 unspecified atom stereocenters. The Balaban J connectivity index is 2.32. The Morgan fingerprint density at radius 3 is 2.39 bits per heavy atom. The minimum absolute atomic E-state index is 0.0710. The van der Waals surface area contributed by atoms with Crippen LogP contribution in [0.4, 0.5) is 0 Å². The van der Waals surface area contributed by atoms with Gasteiger partial charge in [-0.15, -0.1) is 0 Å². The van der Waals surface area contributed by atoms with E-state index >= 15 is 0 Å². The molecule has 0 aromatic rings. The third kappa shape index (κ3) is 9.05. The van der Waals surface area contributed by atoms with Crippen molar-refractivity contribution >= 4 is 12.1 Å². The third-order valence-electron chi connectivity index (χ3n) is 7.02. The highest BCUT2D eigenvalue weighted by atomic mass is 16.1. The van der Waals surface area contributed by atoms with Crippen molar-refractivity contribution in [2.75, 3.05) is 0 Å². The third-order valence-corrected chi connectivity index (χ3v) is 7.02. The van der Waals surface area contributed by atoms with Crippen LogP contribution >= 0.6 is 0 Å². The van der Waals surface area contributed by atoms with Crippen molar-refractivity contribution in [3.05, 3.63) is 11.6 Å². The summed E-state index contributed by atoms with van der Waals surface area (Å²) in [5.74, 6) is 0.877. The zero-order valence-electron chi connectivity index (χ0n) is 19.4. The van der Waals surface area contributed by atoms with Crippen LogP contribution in [0.2, 0.25) is 0 Å². The first kappa shape index (κ1) is 25.1. The Kier molecular flexibility index (Phi) is 12.0. The zero-order valence-corrected chi connectivity index (χ0v) is 19.4. The summed E-state index contributed by atoms with van der Waals surface area (Å²) in [5, 5.41) is 0. The van der Waals surface area contributed by atoms with E-state index in [1.54, 1.807) is 0 Å². The van der Waals surface area contributed by atoms with Gasteiger partial charge in [0.2, 0.25) is 0 Å². The van der Waals surface area contributed by atoms with Gasteiger partial charge in [0.1, 0.15) is 12.1 Å². The van der Waals surface area contributed by atoms with E-state index in [0.717, 1.165) is 32.0 Å². The predicted molar refractivity (Wildman–Crippen MR) is 120 cm³/mol. The Hall–Kier alpha value is -0.920. The smallest absolute Gasteiger partial charge is 0.136 e. The standard InChI is InChI=1S/C26H46O2/c1-6-7-8-9-10-11-12-15-23(20-27)19-25(28)22(3)16-17-24-21(2)14-13-18-26(24,4)5/h14,20,22-24H,6-13,15-19H2,1-5H3. The molecule has 0 aliphatic heterocycles. The molecule has 0 amide bonds. The first-order valence-corrected chi connectivity index (χ1v) is 12.0. The van der Waals surface area contributed by atoms with Gasteiger partial charge >= 0.3 is 0 Å². The van der Waals surface area contributed by atoms with E-state index in [9.17, 15) is 9.59 Å². The quantitative estimate of drug-likeness (QED) is 0.163. The second-order valence-corrected chi connectivity index (χ2v) is 9.98. The fraction of sp³-hybridized carbons (Fsp3) is 0.846. The highest BCUT2D eigenvalue weighted by molar-refractivity contribution is 5.83. The molecule has 1 aliphatic carbocycles. The molecule has 0 N–H and O–H groups in total. The van der Waals surface area contributed by atoms with Crippen LogP contribution < -0.4 is 0 Å². The molecule has 2 nitrogen and oxygen atoms in total. The fourth-order valence-electron chi connectivity index (χ4n) is 4.84. The van der Waals surface area contributed by atoms with E-state index in [1.807, 2.05) is 0 Å². The number of hydrogen-bond acceptors (Lipinski definition) is 2. The maximum Gasteiger partial charge on any atom is 0.136 e. The van der Waals surface area contributed by atoms with Crippen LogP contribution in [0.15, 0.2) is 11.6 Å². The van der Waals surface area contributed by atoms with Crippen molar-refractivity contribution < 1.29 is 9.59 Å². The number of carbonyl (C=O) groups is 2. The van der Waals surface area contributed by atoms with E-state index in [1.165, 1.54) is 56.9 Å². The zero-order chi connectivity index (χ0) is 21.0. The van der Waals surface area contributed by atoms with E-state index < -0.39 is 0 Å². The molecule has 0 saturated carbocycles. The maximum atomic E-state index is 12.7. The molecule has 0 aromatic heterocycles. The average Bonchev–Trinajstić information content (AvgIpc) is 2.65. The van der Waals surface area contributed by atoms with E-state index in [4.69, 9.17) is 0 Å². The molecule has 0 radical (unpaired) electrons. The summed E-state index contributed by atoms with van der Waals surface area (Å²) < 4.78 is 0. The van der Waals surface area contributed by atoms with Gasteiger partial charge in [-0.3, -0.25) is 4.79 Å². The average molecular weight is 391 g/mol. The lowest BCUT2D eigenvalue weighted by molar-refractivity contribution is -0.126. The monoisotopic (exact) mass is 390 g/mol. The van der Waals surface area contributed by atoms with Crippen LogP contribution in [0.5, 0.6) is 0 Å². The van der Waals surface area contributed by atoms with Gasteiger partial charge in [0.05, 0.1) is 0 Å². The van der Waals surface area contributed by atoms with Gasteiger partial charge in [-0.05, 0) is 50.4 Å². The molecular formula is C26H46O2. The molecule has 0 heterocycles. The molecule has 0 spiro atoms. The number of ketones is 1. The fourth-order valence-corrected chi connectivity index (χ4v) is 4.84. The van der Waals surface area contributed by atoms with Crippen LogP contribution in [0.25, 0.3) is 0 Å². The first-order valence-electron chi connectivity index (χ1n) is 12.0. The Bertz CT molecular complexity index is 489. The maximum absolute atomic E-state index is 12.7. The van der Waals surface area contributed by atoms with Crippen molar-refractivity contribution in [3.63, 3.8) is 0 Å². The summed E-state index contributed by atoms with van der Waals surface area (Å²) in [6, 6.07) is 0. The van der Waals surface area contributed by atoms with Gasteiger partial charge in [-0.25, -0.2) is 0 Å². The van der Waals surface area contributed by atoms with Crippen LogP contribution in [-0.4, -0.2) is 12.1 Å². The van der Waals surface area contributed by atoms with Gasteiger partial charge in [0, 0.05) is 18.3 Å². The van der Waals surface area contributed by atoms with Crippen molar-refractivity contribution in [1.82, 2.24) is 0 Å².